The van der Waals surface area contributed by atoms with E-state index in [9.17, 15) is 23.1 Å². The van der Waals surface area contributed by atoms with Crippen LogP contribution in [0.15, 0.2) is 42.5 Å². The molecule has 1 amide bonds. The lowest BCUT2D eigenvalue weighted by molar-refractivity contribution is -0.131. The molecule has 1 aromatic carbocycles. The van der Waals surface area contributed by atoms with E-state index >= 15 is 0 Å². The van der Waals surface area contributed by atoms with Gasteiger partial charge in [-0.25, -0.2) is 18.2 Å². The lowest BCUT2D eigenvalue weighted by Gasteiger charge is -2.28. The van der Waals surface area contributed by atoms with Crippen LogP contribution >= 0.6 is 19.5 Å². The maximum absolute atomic E-state index is 13.7. The molecule has 1 N–H and O–H groups in total. The SMILES string of the molecule is Cc1cc(-c2ccc3cc(-c4c(C5CCCCC5)c5[pH]c(C(=O)O)cc5n4CC(=O)N4CCS(=O)(=O)CC4)ccc3n2)c(C)s1. The Morgan fingerprint density at radius 1 is 1.02 bits per heavy atom. The van der Waals surface area contributed by atoms with Gasteiger partial charge in [-0.15, -0.1) is 19.5 Å². The van der Waals surface area contributed by atoms with Crippen molar-refractivity contribution in [3.63, 3.8) is 0 Å². The fraction of sp³-hybridized carbons (Fsp3) is 0.382. The summed E-state index contributed by atoms with van der Waals surface area (Å²) in [6, 6.07) is 14.4. The van der Waals surface area contributed by atoms with Crippen LogP contribution in [0.1, 0.15) is 63.4 Å². The highest BCUT2D eigenvalue weighted by Crippen LogP contribution is 2.48. The molecule has 0 spiro atoms. The second kappa shape index (κ2) is 11.7. The summed E-state index contributed by atoms with van der Waals surface area (Å²) in [5.41, 5.74) is 6.94. The Labute approximate surface area is 268 Å². The van der Waals surface area contributed by atoms with Gasteiger partial charge >= 0.3 is 5.97 Å². The molecule has 4 aromatic heterocycles. The highest BCUT2D eigenvalue weighted by molar-refractivity contribution is 7.91. The minimum atomic E-state index is -3.13. The zero-order chi connectivity index (χ0) is 31.5. The number of fused-ring (bicyclic) bond motifs is 2. The summed E-state index contributed by atoms with van der Waals surface area (Å²) in [4.78, 5) is 35.0. The Bertz CT molecular complexity index is 2070. The monoisotopic (exact) mass is 661 g/mol. The Balaban J connectivity index is 1.37. The van der Waals surface area contributed by atoms with E-state index in [0.717, 1.165) is 69.7 Å². The first kappa shape index (κ1) is 30.2. The van der Waals surface area contributed by atoms with Crippen LogP contribution < -0.4 is 0 Å². The number of benzene rings is 1. The standard InChI is InChI=1S/C34H36N3O5PS2/c1-20-16-25(21(2)44-20)27-11-8-23-17-24(9-10-26(23)35-27)32-31(22-6-4-3-5-7-22)33-28(18-29(43-33)34(39)40)37(32)19-30(38)36-12-14-45(41,42)15-13-36/h8-11,16-18,22,43H,3-7,12-15,19H2,1-2H3,(H,39,40). The molecule has 1 aliphatic heterocycles. The molecule has 45 heavy (non-hydrogen) atoms. The van der Waals surface area contributed by atoms with Crippen LogP contribution in [-0.2, 0) is 21.2 Å². The van der Waals surface area contributed by atoms with Gasteiger partial charge < -0.3 is 14.6 Å². The number of carbonyl (C=O) groups is 2. The lowest BCUT2D eigenvalue weighted by Crippen LogP contribution is -2.45. The molecule has 1 unspecified atom stereocenters. The van der Waals surface area contributed by atoms with Crippen molar-refractivity contribution in [2.24, 2.45) is 0 Å². The van der Waals surface area contributed by atoms with Gasteiger partial charge in [-0.1, -0.05) is 31.4 Å². The van der Waals surface area contributed by atoms with Crippen molar-refractivity contribution in [1.29, 1.82) is 0 Å². The molecule has 0 radical (unpaired) electrons. The van der Waals surface area contributed by atoms with Gasteiger partial charge in [-0.3, -0.25) is 4.79 Å². The number of aromatic nitrogens is 2. The molecule has 7 rings (SSSR count). The smallest absolute Gasteiger partial charge is 0.339 e. The largest absolute Gasteiger partial charge is 0.477 e. The molecule has 1 saturated carbocycles. The molecule has 5 aromatic rings. The molecular weight excluding hydrogens is 625 g/mol. The fourth-order valence-corrected chi connectivity index (χ4v) is 10.6. The van der Waals surface area contributed by atoms with E-state index in [4.69, 9.17) is 4.98 Å². The maximum Gasteiger partial charge on any atom is 0.339 e. The van der Waals surface area contributed by atoms with Crippen molar-refractivity contribution in [3.05, 3.63) is 63.1 Å². The highest BCUT2D eigenvalue weighted by atomic mass is 32.2. The summed E-state index contributed by atoms with van der Waals surface area (Å²) < 4.78 is 26.1. The van der Waals surface area contributed by atoms with Crippen LogP contribution in [0.4, 0.5) is 0 Å². The number of aromatic carboxylic acids is 1. The molecular formula is C34H36N3O5PS2. The average Bonchev–Trinajstić information content (AvgIpc) is 3.69. The lowest BCUT2D eigenvalue weighted by atomic mass is 9.83. The summed E-state index contributed by atoms with van der Waals surface area (Å²) in [7, 11) is -3.11. The minimum Gasteiger partial charge on any atom is -0.477 e. The van der Waals surface area contributed by atoms with Gasteiger partial charge in [0.2, 0.25) is 5.91 Å². The summed E-state index contributed by atoms with van der Waals surface area (Å²) in [5, 5.41) is 12.4. The number of sulfone groups is 1. The number of amides is 1. The fourth-order valence-electron chi connectivity index (χ4n) is 7.13. The number of hydrogen-bond acceptors (Lipinski definition) is 6. The quantitative estimate of drug-likeness (QED) is 0.206. The number of aryl methyl sites for hydroxylation is 2. The summed E-state index contributed by atoms with van der Waals surface area (Å²) in [5.74, 6) is -0.847. The molecule has 5 heterocycles. The van der Waals surface area contributed by atoms with Crippen molar-refractivity contribution in [2.75, 3.05) is 24.6 Å². The van der Waals surface area contributed by atoms with E-state index < -0.39 is 15.8 Å². The molecule has 11 heteroatoms. The normalized spacial score (nSPS) is 17.5. The molecule has 234 valence electrons. The van der Waals surface area contributed by atoms with Gasteiger partial charge in [0, 0.05) is 38.9 Å². The van der Waals surface area contributed by atoms with Crippen LogP contribution in [0.2, 0.25) is 0 Å². The van der Waals surface area contributed by atoms with Crippen molar-refractivity contribution in [3.8, 4) is 22.5 Å². The Kier molecular flexibility index (Phi) is 7.87. The maximum atomic E-state index is 13.7. The number of carbonyl (C=O) groups excluding carboxylic acids is 1. The zero-order valence-corrected chi connectivity index (χ0v) is 28.1. The third kappa shape index (κ3) is 5.73. The van der Waals surface area contributed by atoms with Crippen LogP contribution in [0, 0.1) is 13.8 Å². The van der Waals surface area contributed by atoms with Crippen molar-refractivity contribution in [1.82, 2.24) is 14.5 Å². The van der Waals surface area contributed by atoms with Gasteiger partial charge in [-0.2, -0.15) is 0 Å². The minimum absolute atomic E-state index is 0.0210. The predicted molar refractivity (Wildman–Crippen MR) is 183 cm³/mol. The number of carboxylic acid groups (broad SMARTS) is 1. The van der Waals surface area contributed by atoms with Crippen LogP contribution in [0.5, 0.6) is 0 Å². The molecule has 1 atom stereocenters. The van der Waals surface area contributed by atoms with Crippen molar-refractivity contribution in [2.45, 2.75) is 58.4 Å². The predicted octanol–water partition coefficient (Wildman–Crippen LogP) is 7.24. The molecule has 8 nitrogen and oxygen atoms in total. The number of rotatable bonds is 6. The summed E-state index contributed by atoms with van der Waals surface area (Å²) in [6.07, 6.45) is 5.51. The number of thiophene rings is 1. The van der Waals surface area contributed by atoms with Gasteiger partial charge in [0.1, 0.15) is 6.54 Å². The van der Waals surface area contributed by atoms with Gasteiger partial charge in [0.25, 0.3) is 0 Å². The van der Waals surface area contributed by atoms with Crippen molar-refractivity contribution < 1.29 is 23.1 Å². The topological polar surface area (TPSA) is 110 Å². The molecule has 2 fully saturated rings. The first-order valence-corrected chi connectivity index (χ1v) is 19.2. The highest BCUT2D eigenvalue weighted by Gasteiger charge is 2.31. The molecule has 0 bridgehead atoms. The third-order valence-electron chi connectivity index (χ3n) is 9.40. The zero-order valence-electron chi connectivity index (χ0n) is 25.4. The van der Waals surface area contributed by atoms with Crippen molar-refractivity contribution >= 4 is 62.8 Å². The number of hydrogen-bond donors (Lipinski definition) is 1. The Hall–Kier alpha value is -3.46. The van der Waals surface area contributed by atoms with Gasteiger partial charge in [0.15, 0.2) is 9.84 Å². The Morgan fingerprint density at radius 2 is 1.78 bits per heavy atom. The molecule has 2 aliphatic rings. The summed E-state index contributed by atoms with van der Waals surface area (Å²) in [6.45, 7) is 4.63. The van der Waals surface area contributed by atoms with E-state index in [1.54, 1.807) is 22.3 Å². The van der Waals surface area contributed by atoms with E-state index in [0.29, 0.717) is 5.30 Å². The van der Waals surface area contributed by atoms with E-state index in [1.165, 1.54) is 21.7 Å². The second-order valence-electron chi connectivity index (χ2n) is 12.4. The second-order valence-corrected chi connectivity index (χ2v) is 17.4. The van der Waals surface area contributed by atoms with Crippen LogP contribution in [0.3, 0.4) is 0 Å². The molecule has 1 saturated heterocycles. The molecule has 1 aliphatic carbocycles. The van der Waals surface area contributed by atoms with Gasteiger partial charge in [0.05, 0.1) is 39.2 Å². The van der Waals surface area contributed by atoms with Crippen LogP contribution in [-0.4, -0.2) is 64.4 Å². The van der Waals surface area contributed by atoms with Crippen LogP contribution in [0.25, 0.3) is 44.1 Å². The summed E-state index contributed by atoms with van der Waals surface area (Å²) >= 11 is 1.77. The van der Waals surface area contributed by atoms with E-state index in [1.807, 2.05) is 10.6 Å². The number of nitrogens with zero attached hydrogens (tertiary/aromatic N) is 3. The number of carboxylic acids is 1. The average molecular weight is 662 g/mol. The van der Waals surface area contributed by atoms with E-state index in [2.05, 4.69) is 44.2 Å². The number of pyridine rings is 1. The third-order valence-corrected chi connectivity index (χ3v) is 13.4. The van der Waals surface area contributed by atoms with Gasteiger partial charge in [-0.05, 0) is 74.1 Å². The van der Waals surface area contributed by atoms with E-state index in [-0.39, 0.29) is 51.2 Å². The first-order valence-electron chi connectivity index (χ1n) is 15.5. The Morgan fingerprint density at radius 3 is 2.47 bits per heavy atom. The first-order chi connectivity index (χ1) is 21.6.